The fourth-order valence-electron chi connectivity index (χ4n) is 1.55. The number of carbonyl (C=O) groups excluding carboxylic acids is 1. The zero-order chi connectivity index (χ0) is 13.9. The van der Waals surface area contributed by atoms with Crippen molar-refractivity contribution in [1.82, 2.24) is 5.32 Å². The molecular weight excluding hydrogens is 298 g/mol. The van der Waals surface area contributed by atoms with Crippen molar-refractivity contribution < 1.29 is 14.7 Å². The second-order valence-electron chi connectivity index (χ2n) is 4.52. The van der Waals surface area contributed by atoms with Crippen molar-refractivity contribution in [2.45, 2.75) is 26.8 Å². The Hall–Kier alpha value is -1.36. The standard InChI is InChI=1S/C13H16BrNO3/c1-7(2)11(13(17)18)15-12(16)9-6-8(3)4-5-10(9)14/h4-7,11H,1-3H3,(H,15,16)(H,17,18)/t11-/m1/s1. The van der Waals surface area contributed by atoms with Crippen molar-refractivity contribution in [2.24, 2.45) is 5.92 Å². The number of hydrogen-bond acceptors (Lipinski definition) is 2. The number of hydrogen-bond donors (Lipinski definition) is 2. The second kappa shape index (κ2) is 6.00. The summed E-state index contributed by atoms with van der Waals surface area (Å²) >= 11 is 3.29. The van der Waals surface area contributed by atoms with Gasteiger partial charge >= 0.3 is 5.97 Å². The highest BCUT2D eigenvalue weighted by Gasteiger charge is 2.24. The lowest BCUT2D eigenvalue weighted by Crippen LogP contribution is -2.44. The van der Waals surface area contributed by atoms with Gasteiger partial charge in [-0.05, 0) is 40.9 Å². The second-order valence-corrected chi connectivity index (χ2v) is 5.37. The van der Waals surface area contributed by atoms with Crippen LogP contribution in [0, 0.1) is 12.8 Å². The molecule has 1 rings (SSSR count). The van der Waals surface area contributed by atoms with Gasteiger partial charge in [0, 0.05) is 4.47 Å². The number of carboxylic acid groups (broad SMARTS) is 1. The van der Waals surface area contributed by atoms with Crippen LogP contribution >= 0.6 is 15.9 Å². The van der Waals surface area contributed by atoms with Gasteiger partial charge in [0.2, 0.25) is 0 Å². The summed E-state index contributed by atoms with van der Waals surface area (Å²) in [6.07, 6.45) is 0. The summed E-state index contributed by atoms with van der Waals surface area (Å²) in [4.78, 5) is 23.1. The van der Waals surface area contributed by atoms with Crippen LogP contribution in [0.4, 0.5) is 0 Å². The lowest BCUT2D eigenvalue weighted by atomic mass is 10.0. The molecule has 0 radical (unpaired) electrons. The van der Waals surface area contributed by atoms with Crippen molar-refractivity contribution in [1.29, 1.82) is 0 Å². The Bertz CT molecular complexity index is 471. The van der Waals surface area contributed by atoms with E-state index < -0.39 is 12.0 Å². The molecule has 0 spiro atoms. The zero-order valence-corrected chi connectivity index (χ0v) is 12.1. The minimum Gasteiger partial charge on any atom is -0.480 e. The molecule has 2 N–H and O–H groups in total. The Labute approximate surface area is 115 Å². The number of aryl methyl sites for hydroxylation is 1. The molecule has 1 amide bonds. The van der Waals surface area contributed by atoms with Crippen LogP contribution in [0.25, 0.3) is 0 Å². The van der Waals surface area contributed by atoms with E-state index >= 15 is 0 Å². The highest BCUT2D eigenvalue weighted by Crippen LogP contribution is 2.18. The molecule has 98 valence electrons. The Balaban J connectivity index is 2.94. The number of carbonyl (C=O) groups is 2. The van der Waals surface area contributed by atoms with Gasteiger partial charge in [-0.25, -0.2) is 4.79 Å². The lowest BCUT2D eigenvalue weighted by Gasteiger charge is -2.18. The quantitative estimate of drug-likeness (QED) is 0.898. The van der Waals surface area contributed by atoms with Gasteiger partial charge < -0.3 is 10.4 Å². The molecule has 18 heavy (non-hydrogen) atoms. The van der Waals surface area contributed by atoms with E-state index in [1.54, 1.807) is 26.0 Å². The SMILES string of the molecule is Cc1ccc(Br)c(C(=O)N[C@@H](C(=O)O)C(C)C)c1. The first-order valence-corrected chi connectivity index (χ1v) is 6.42. The predicted molar refractivity (Wildman–Crippen MR) is 72.6 cm³/mol. The molecule has 0 aliphatic rings. The van der Waals surface area contributed by atoms with Gasteiger partial charge in [0.25, 0.3) is 5.91 Å². The van der Waals surface area contributed by atoms with Gasteiger partial charge in [-0.3, -0.25) is 4.79 Å². The first kappa shape index (κ1) is 14.7. The van der Waals surface area contributed by atoms with Gasteiger partial charge in [0.1, 0.15) is 6.04 Å². The van der Waals surface area contributed by atoms with Crippen molar-refractivity contribution in [2.75, 3.05) is 0 Å². The van der Waals surface area contributed by atoms with Gasteiger partial charge in [-0.2, -0.15) is 0 Å². The summed E-state index contributed by atoms with van der Waals surface area (Å²) in [6.45, 7) is 5.38. The van der Waals surface area contributed by atoms with Gasteiger partial charge in [0.15, 0.2) is 0 Å². The van der Waals surface area contributed by atoms with Crippen LogP contribution in [0.15, 0.2) is 22.7 Å². The van der Waals surface area contributed by atoms with Crippen LogP contribution in [0.1, 0.15) is 29.8 Å². The minimum absolute atomic E-state index is 0.171. The van der Waals surface area contributed by atoms with Crippen LogP contribution in [0.3, 0.4) is 0 Å². The average Bonchev–Trinajstić information content (AvgIpc) is 2.28. The number of halogens is 1. The van der Waals surface area contributed by atoms with E-state index in [1.165, 1.54) is 0 Å². The molecular formula is C13H16BrNO3. The van der Waals surface area contributed by atoms with E-state index in [0.29, 0.717) is 10.0 Å². The Morgan fingerprint density at radius 1 is 1.33 bits per heavy atom. The molecule has 0 saturated heterocycles. The van der Waals surface area contributed by atoms with Crippen molar-refractivity contribution >= 4 is 27.8 Å². The highest BCUT2D eigenvalue weighted by atomic mass is 79.9. The maximum atomic E-state index is 12.0. The topological polar surface area (TPSA) is 66.4 Å². The molecule has 5 heteroatoms. The van der Waals surface area contributed by atoms with E-state index in [0.717, 1.165) is 5.56 Å². The summed E-state index contributed by atoms with van der Waals surface area (Å²) in [5.74, 6) is -1.58. The molecule has 0 aliphatic heterocycles. The van der Waals surface area contributed by atoms with E-state index in [9.17, 15) is 9.59 Å². The third-order valence-corrected chi connectivity index (χ3v) is 3.28. The van der Waals surface area contributed by atoms with Crippen molar-refractivity contribution in [3.8, 4) is 0 Å². The Morgan fingerprint density at radius 3 is 2.44 bits per heavy atom. The normalized spacial score (nSPS) is 12.3. The summed E-state index contributed by atoms with van der Waals surface area (Å²) in [5.41, 5.74) is 1.39. The predicted octanol–water partition coefficient (Wildman–Crippen LogP) is 2.60. The summed E-state index contributed by atoms with van der Waals surface area (Å²) in [7, 11) is 0. The molecule has 0 saturated carbocycles. The van der Waals surface area contributed by atoms with E-state index in [2.05, 4.69) is 21.2 Å². The van der Waals surface area contributed by atoms with Gasteiger partial charge in [-0.1, -0.05) is 25.5 Å². The van der Waals surface area contributed by atoms with E-state index in [4.69, 9.17) is 5.11 Å². The summed E-state index contributed by atoms with van der Waals surface area (Å²) in [5, 5.41) is 11.6. The molecule has 0 aliphatic carbocycles. The van der Waals surface area contributed by atoms with Crippen LogP contribution in [0.2, 0.25) is 0 Å². The van der Waals surface area contributed by atoms with E-state index in [-0.39, 0.29) is 11.8 Å². The number of amides is 1. The maximum Gasteiger partial charge on any atom is 0.326 e. The van der Waals surface area contributed by atoms with Gasteiger partial charge in [-0.15, -0.1) is 0 Å². The number of carboxylic acids is 1. The first-order valence-electron chi connectivity index (χ1n) is 5.62. The monoisotopic (exact) mass is 313 g/mol. The van der Waals surface area contributed by atoms with Gasteiger partial charge in [0.05, 0.1) is 5.56 Å². The molecule has 0 aromatic heterocycles. The fourth-order valence-corrected chi connectivity index (χ4v) is 1.97. The minimum atomic E-state index is -1.03. The zero-order valence-electron chi connectivity index (χ0n) is 10.5. The molecule has 1 aromatic rings. The first-order chi connectivity index (χ1) is 8.32. The van der Waals surface area contributed by atoms with Crippen molar-refractivity contribution in [3.63, 3.8) is 0 Å². The van der Waals surface area contributed by atoms with Crippen LogP contribution in [-0.2, 0) is 4.79 Å². The third-order valence-electron chi connectivity index (χ3n) is 2.59. The van der Waals surface area contributed by atoms with Crippen molar-refractivity contribution in [3.05, 3.63) is 33.8 Å². The van der Waals surface area contributed by atoms with Crippen LogP contribution in [0.5, 0.6) is 0 Å². The summed E-state index contributed by atoms with van der Waals surface area (Å²) in [6, 6.07) is 4.48. The smallest absolute Gasteiger partial charge is 0.326 e. The van der Waals surface area contributed by atoms with E-state index in [1.807, 2.05) is 13.0 Å². The average molecular weight is 314 g/mol. The molecule has 4 nitrogen and oxygen atoms in total. The summed E-state index contributed by atoms with van der Waals surface area (Å²) < 4.78 is 0.651. The number of aliphatic carboxylic acids is 1. The highest BCUT2D eigenvalue weighted by molar-refractivity contribution is 9.10. The number of nitrogens with one attached hydrogen (secondary N) is 1. The molecule has 0 fully saturated rings. The number of rotatable bonds is 4. The number of benzene rings is 1. The molecule has 1 atom stereocenters. The fraction of sp³-hybridized carbons (Fsp3) is 0.385. The molecule has 0 unspecified atom stereocenters. The Morgan fingerprint density at radius 2 is 1.94 bits per heavy atom. The Kier molecular flexibility index (Phi) is 4.90. The molecule has 1 aromatic carbocycles. The lowest BCUT2D eigenvalue weighted by molar-refractivity contribution is -0.140. The maximum absolute atomic E-state index is 12.0. The molecule has 0 bridgehead atoms. The van der Waals surface area contributed by atoms with Crippen LogP contribution in [-0.4, -0.2) is 23.0 Å². The molecule has 0 heterocycles. The third kappa shape index (κ3) is 3.57. The largest absolute Gasteiger partial charge is 0.480 e. The van der Waals surface area contributed by atoms with Crippen LogP contribution < -0.4 is 5.32 Å².